The molecule has 2 aromatic heterocycles. The second-order valence-corrected chi connectivity index (χ2v) is 6.38. The fraction of sp³-hybridized carbons (Fsp3) is 0.294. The van der Waals surface area contributed by atoms with Gasteiger partial charge in [0, 0.05) is 12.3 Å². The highest BCUT2D eigenvalue weighted by molar-refractivity contribution is 5.79. The van der Waals surface area contributed by atoms with Gasteiger partial charge in [-0.2, -0.15) is 0 Å². The van der Waals surface area contributed by atoms with E-state index in [1.807, 2.05) is 0 Å². The molecule has 0 amide bonds. The summed E-state index contributed by atoms with van der Waals surface area (Å²) in [6, 6.07) is 5.49. The molecule has 0 aliphatic heterocycles. The van der Waals surface area contributed by atoms with E-state index in [2.05, 4.69) is 9.97 Å². The third-order valence-electron chi connectivity index (χ3n) is 4.40. The van der Waals surface area contributed by atoms with Crippen molar-refractivity contribution >= 4 is 16.7 Å². The van der Waals surface area contributed by atoms with E-state index in [-0.39, 0.29) is 12.4 Å². The largest absolute Gasteiger partial charge is 0.340 e. The molecular weight excluding hydrogens is 327 g/mol. The van der Waals surface area contributed by atoms with Gasteiger partial charge in [0.15, 0.2) is 0 Å². The predicted octanol–water partition coefficient (Wildman–Crippen LogP) is 2.77. The molecule has 128 valence electrons. The number of nitrogens with one attached hydrogen (secondary N) is 1. The van der Waals surface area contributed by atoms with Gasteiger partial charge in [-0.25, -0.2) is 9.37 Å². The van der Waals surface area contributed by atoms with Gasteiger partial charge in [0.1, 0.15) is 11.6 Å². The number of hydrogen-bond acceptors (Lipinski definition) is 4. The molecule has 0 saturated heterocycles. The van der Waals surface area contributed by atoms with Gasteiger partial charge < -0.3 is 9.55 Å². The highest BCUT2D eigenvalue weighted by Crippen LogP contribution is 2.34. The van der Waals surface area contributed by atoms with Crippen molar-refractivity contribution in [1.82, 2.24) is 14.5 Å². The summed E-state index contributed by atoms with van der Waals surface area (Å²) in [5.41, 5.74) is 0.939. The minimum atomic E-state index is -0.708. The van der Waals surface area contributed by atoms with Gasteiger partial charge in [0.2, 0.25) is 0 Å². The Bertz CT molecular complexity index is 1040. The minimum Gasteiger partial charge on any atom is -0.340 e. The van der Waals surface area contributed by atoms with Crippen LogP contribution in [0.2, 0.25) is 0 Å². The molecule has 25 heavy (non-hydrogen) atoms. The number of benzene rings is 1. The molecule has 0 bridgehead atoms. The molecule has 1 N–H and O–H groups in total. The van der Waals surface area contributed by atoms with E-state index < -0.39 is 16.2 Å². The number of hydrogen-bond donors (Lipinski definition) is 1. The van der Waals surface area contributed by atoms with Gasteiger partial charge in [0.05, 0.1) is 22.5 Å². The number of fused-ring (bicyclic) bond motifs is 1. The van der Waals surface area contributed by atoms with Crippen molar-refractivity contribution in [1.29, 1.82) is 0 Å². The first-order valence-electron chi connectivity index (χ1n) is 8.02. The van der Waals surface area contributed by atoms with Crippen LogP contribution in [0, 0.1) is 21.8 Å². The topological polar surface area (TPSA) is 93.8 Å². The quantitative estimate of drug-likeness (QED) is 0.570. The fourth-order valence-corrected chi connectivity index (χ4v) is 3.01. The Morgan fingerprint density at radius 3 is 2.92 bits per heavy atom. The summed E-state index contributed by atoms with van der Waals surface area (Å²) in [5, 5.41) is 10.9. The van der Waals surface area contributed by atoms with E-state index in [9.17, 15) is 19.3 Å². The van der Waals surface area contributed by atoms with Crippen LogP contribution in [0.25, 0.3) is 11.0 Å². The Labute approximate surface area is 141 Å². The SMILES string of the molecule is O=c1c([N+](=O)[O-])cccn1Cc1nc2c(CC3CC3)cc(F)cc2[nH]1. The van der Waals surface area contributed by atoms with Gasteiger partial charge in [0.25, 0.3) is 0 Å². The van der Waals surface area contributed by atoms with Gasteiger partial charge >= 0.3 is 11.2 Å². The fourth-order valence-electron chi connectivity index (χ4n) is 3.01. The van der Waals surface area contributed by atoms with Crippen molar-refractivity contribution < 1.29 is 9.31 Å². The van der Waals surface area contributed by atoms with Crippen LogP contribution in [0.1, 0.15) is 24.2 Å². The summed E-state index contributed by atoms with van der Waals surface area (Å²) < 4.78 is 15.0. The number of pyridine rings is 1. The Morgan fingerprint density at radius 2 is 2.20 bits per heavy atom. The predicted molar refractivity (Wildman–Crippen MR) is 88.9 cm³/mol. The highest BCUT2D eigenvalue weighted by Gasteiger charge is 2.23. The average Bonchev–Trinajstić information content (AvgIpc) is 3.27. The summed E-state index contributed by atoms with van der Waals surface area (Å²) in [6.45, 7) is 0.0552. The maximum absolute atomic E-state index is 13.8. The van der Waals surface area contributed by atoms with Crippen molar-refractivity contribution in [3.8, 4) is 0 Å². The number of aromatic nitrogens is 3. The van der Waals surface area contributed by atoms with Crippen molar-refractivity contribution in [2.45, 2.75) is 25.8 Å². The maximum Gasteiger partial charge on any atom is 0.334 e. The van der Waals surface area contributed by atoms with Crippen LogP contribution in [0.15, 0.2) is 35.3 Å². The molecule has 8 heteroatoms. The zero-order chi connectivity index (χ0) is 17.6. The molecule has 3 aromatic rings. The number of aromatic amines is 1. The molecule has 1 aliphatic rings. The van der Waals surface area contributed by atoms with Crippen molar-refractivity contribution in [2.24, 2.45) is 5.92 Å². The van der Waals surface area contributed by atoms with Crippen molar-refractivity contribution in [3.63, 3.8) is 0 Å². The molecule has 1 aliphatic carbocycles. The standard InChI is InChI=1S/C17H15FN4O3/c18-12-7-11(6-10-3-4-10)16-13(8-12)19-15(20-16)9-21-5-1-2-14(17(21)23)22(24)25/h1-2,5,7-8,10H,3-4,6,9H2,(H,19,20). The summed E-state index contributed by atoms with van der Waals surface area (Å²) in [4.78, 5) is 29.8. The average molecular weight is 342 g/mol. The smallest absolute Gasteiger partial charge is 0.334 e. The molecule has 0 atom stereocenters. The first-order valence-corrected chi connectivity index (χ1v) is 8.02. The summed E-state index contributed by atoms with van der Waals surface area (Å²) in [5.74, 6) is 0.718. The Balaban J connectivity index is 1.72. The van der Waals surface area contributed by atoms with Crippen LogP contribution in [-0.4, -0.2) is 19.5 Å². The van der Waals surface area contributed by atoms with E-state index >= 15 is 0 Å². The number of nitro groups is 1. The number of nitrogens with zero attached hydrogens (tertiary/aromatic N) is 3. The lowest BCUT2D eigenvalue weighted by Crippen LogP contribution is -2.22. The van der Waals surface area contributed by atoms with E-state index in [4.69, 9.17) is 0 Å². The van der Waals surface area contributed by atoms with Gasteiger partial charge in [-0.1, -0.05) is 0 Å². The first kappa shape index (κ1) is 15.5. The van der Waals surface area contributed by atoms with Crippen LogP contribution in [0.3, 0.4) is 0 Å². The number of imidazole rings is 1. The van der Waals surface area contributed by atoms with Crippen LogP contribution >= 0.6 is 0 Å². The Kier molecular flexibility index (Phi) is 3.60. The molecule has 0 unspecified atom stereocenters. The minimum absolute atomic E-state index is 0.0552. The number of rotatable bonds is 5. The molecular formula is C17H15FN4O3. The lowest BCUT2D eigenvalue weighted by Gasteiger charge is -2.02. The van der Waals surface area contributed by atoms with Gasteiger partial charge in [-0.3, -0.25) is 14.9 Å². The summed E-state index contributed by atoms with van der Waals surface area (Å²) in [7, 11) is 0. The lowest BCUT2D eigenvalue weighted by atomic mass is 10.1. The molecule has 0 spiro atoms. The highest BCUT2D eigenvalue weighted by atomic mass is 19.1. The third kappa shape index (κ3) is 3.02. The first-order chi connectivity index (χ1) is 12.0. The molecule has 4 rings (SSSR count). The number of H-pyrrole nitrogens is 1. The van der Waals surface area contributed by atoms with Crippen molar-refractivity contribution in [3.05, 3.63) is 68.1 Å². The van der Waals surface area contributed by atoms with Crippen LogP contribution in [0.5, 0.6) is 0 Å². The van der Waals surface area contributed by atoms with Gasteiger partial charge in [-0.05, 0) is 48.9 Å². The van der Waals surface area contributed by atoms with E-state index in [0.717, 1.165) is 24.8 Å². The second kappa shape index (κ2) is 5.80. The van der Waals surface area contributed by atoms with Crippen LogP contribution in [-0.2, 0) is 13.0 Å². The second-order valence-electron chi connectivity index (χ2n) is 6.38. The summed E-state index contributed by atoms with van der Waals surface area (Å²) >= 11 is 0. The zero-order valence-electron chi connectivity index (χ0n) is 13.2. The van der Waals surface area contributed by atoms with E-state index in [1.165, 1.54) is 35.0 Å². The Hall–Kier alpha value is -3.03. The van der Waals surface area contributed by atoms with Crippen LogP contribution < -0.4 is 5.56 Å². The molecule has 1 saturated carbocycles. The molecule has 7 nitrogen and oxygen atoms in total. The Morgan fingerprint density at radius 1 is 1.40 bits per heavy atom. The number of halogens is 1. The molecule has 1 fully saturated rings. The zero-order valence-corrected chi connectivity index (χ0v) is 13.2. The molecule has 2 heterocycles. The third-order valence-corrected chi connectivity index (χ3v) is 4.40. The molecule has 0 radical (unpaired) electrons. The lowest BCUT2D eigenvalue weighted by molar-refractivity contribution is -0.386. The van der Waals surface area contributed by atoms with Crippen LogP contribution in [0.4, 0.5) is 10.1 Å². The monoisotopic (exact) mass is 342 g/mol. The summed E-state index contributed by atoms with van der Waals surface area (Å²) in [6.07, 6.45) is 4.56. The normalized spacial score (nSPS) is 14.1. The molecule has 1 aromatic carbocycles. The van der Waals surface area contributed by atoms with Gasteiger partial charge in [-0.15, -0.1) is 0 Å². The van der Waals surface area contributed by atoms with E-state index in [0.29, 0.717) is 22.8 Å². The maximum atomic E-state index is 13.8. The van der Waals surface area contributed by atoms with Crippen molar-refractivity contribution in [2.75, 3.05) is 0 Å². The van der Waals surface area contributed by atoms with E-state index in [1.54, 1.807) is 0 Å².